The lowest BCUT2D eigenvalue weighted by atomic mass is 10.0. The van der Waals surface area contributed by atoms with E-state index in [2.05, 4.69) is 11.4 Å². The van der Waals surface area contributed by atoms with E-state index in [9.17, 15) is 4.79 Å². The fourth-order valence-corrected chi connectivity index (χ4v) is 2.54. The molecule has 1 fully saturated rings. The summed E-state index contributed by atoms with van der Waals surface area (Å²) in [6.45, 7) is 6.32. The number of thiophene rings is 1. The van der Waals surface area contributed by atoms with Crippen LogP contribution >= 0.6 is 11.3 Å². The predicted octanol–water partition coefficient (Wildman–Crippen LogP) is 1.46. The first-order chi connectivity index (χ1) is 7.09. The summed E-state index contributed by atoms with van der Waals surface area (Å²) in [6.07, 6.45) is 0. The second-order valence-corrected chi connectivity index (χ2v) is 5.39. The highest BCUT2D eigenvalue weighted by Crippen LogP contribution is 2.17. The second-order valence-electron chi connectivity index (χ2n) is 4.36. The second kappa shape index (κ2) is 3.94. The van der Waals surface area contributed by atoms with Crippen molar-refractivity contribution in [2.24, 2.45) is 0 Å². The van der Waals surface area contributed by atoms with Crippen LogP contribution in [0.2, 0.25) is 0 Å². The molecular formula is C11H16N2OS. The smallest absolute Gasteiger partial charge is 0.242 e. The molecule has 0 radical (unpaired) electrons. The Bertz CT molecular complexity index is 345. The Balaban J connectivity index is 2.06. The molecule has 0 bridgehead atoms. The Morgan fingerprint density at radius 3 is 3.07 bits per heavy atom. The molecule has 3 nitrogen and oxygen atoms in total. The Hall–Kier alpha value is -0.870. The van der Waals surface area contributed by atoms with Crippen LogP contribution in [0.1, 0.15) is 18.7 Å². The van der Waals surface area contributed by atoms with Gasteiger partial charge in [-0.3, -0.25) is 4.79 Å². The number of hydrogen-bond acceptors (Lipinski definition) is 3. The third-order valence-electron chi connectivity index (χ3n) is 2.70. The van der Waals surface area contributed by atoms with Gasteiger partial charge in [0, 0.05) is 18.0 Å². The molecule has 15 heavy (non-hydrogen) atoms. The summed E-state index contributed by atoms with van der Waals surface area (Å²) < 4.78 is 0. The van der Waals surface area contributed by atoms with Crippen molar-refractivity contribution in [3.8, 4) is 0 Å². The van der Waals surface area contributed by atoms with Crippen LogP contribution in [0.3, 0.4) is 0 Å². The number of nitrogens with one attached hydrogen (secondary N) is 1. The summed E-state index contributed by atoms with van der Waals surface area (Å²) in [5.41, 5.74) is -0.407. The molecule has 0 unspecified atom stereocenters. The summed E-state index contributed by atoms with van der Waals surface area (Å²) in [7, 11) is 0. The lowest BCUT2D eigenvalue weighted by molar-refractivity contribution is -0.140. The molecule has 2 rings (SSSR count). The van der Waals surface area contributed by atoms with E-state index in [1.165, 1.54) is 4.88 Å². The Labute approximate surface area is 94.1 Å². The van der Waals surface area contributed by atoms with Crippen molar-refractivity contribution in [2.75, 3.05) is 13.1 Å². The predicted molar refractivity (Wildman–Crippen MR) is 61.8 cm³/mol. The largest absolute Gasteiger partial charge is 0.335 e. The zero-order chi connectivity index (χ0) is 10.9. The molecule has 0 aliphatic carbocycles. The molecule has 0 spiro atoms. The van der Waals surface area contributed by atoms with Gasteiger partial charge >= 0.3 is 0 Å². The summed E-state index contributed by atoms with van der Waals surface area (Å²) in [6, 6.07) is 4.10. The number of carbonyl (C=O) groups excluding carboxylic acids is 1. The van der Waals surface area contributed by atoms with Crippen LogP contribution < -0.4 is 5.32 Å². The van der Waals surface area contributed by atoms with Gasteiger partial charge in [-0.15, -0.1) is 11.3 Å². The third-order valence-corrected chi connectivity index (χ3v) is 3.56. The summed E-state index contributed by atoms with van der Waals surface area (Å²) in [5.74, 6) is 0.196. The number of carbonyl (C=O) groups is 1. The highest BCUT2D eigenvalue weighted by Gasteiger charge is 2.34. The molecule has 0 saturated carbocycles. The topological polar surface area (TPSA) is 32.3 Å². The van der Waals surface area contributed by atoms with Crippen LogP contribution in [0.15, 0.2) is 17.5 Å². The van der Waals surface area contributed by atoms with Crippen molar-refractivity contribution < 1.29 is 4.79 Å². The SMILES string of the molecule is CC1(C)NCCN(Cc2cccs2)C1=O. The van der Waals surface area contributed by atoms with Crippen LogP contribution in [0.5, 0.6) is 0 Å². The van der Waals surface area contributed by atoms with Crippen LogP contribution in [0.4, 0.5) is 0 Å². The zero-order valence-electron chi connectivity index (χ0n) is 9.12. The van der Waals surface area contributed by atoms with Crippen LogP contribution in [-0.2, 0) is 11.3 Å². The van der Waals surface area contributed by atoms with Gasteiger partial charge in [-0.05, 0) is 25.3 Å². The molecular weight excluding hydrogens is 208 g/mol. The van der Waals surface area contributed by atoms with E-state index in [0.29, 0.717) is 0 Å². The highest BCUT2D eigenvalue weighted by molar-refractivity contribution is 7.09. The highest BCUT2D eigenvalue weighted by atomic mass is 32.1. The minimum atomic E-state index is -0.407. The molecule has 1 aliphatic rings. The maximum atomic E-state index is 12.0. The van der Waals surface area contributed by atoms with Gasteiger partial charge in [0.2, 0.25) is 5.91 Å². The van der Waals surface area contributed by atoms with E-state index in [1.807, 2.05) is 30.2 Å². The van der Waals surface area contributed by atoms with Crippen molar-refractivity contribution in [2.45, 2.75) is 25.9 Å². The van der Waals surface area contributed by atoms with Gasteiger partial charge in [0.1, 0.15) is 0 Å². The quantitative estimate of drug-likeness (QED) is 0.825. The van der Waals surface area contributed by atoms with E-state index in [1.54, 1.807) is 11.3 Å². The van der Waals surface area contributed by atoms with Gasteiger partial charge in [-0.2, -0.15) is 0 Å². The summed E-state index contributed by atoms with van der Waals surface area (Å²) in [5, 5.41) is 5.28. The molecule has 2 heterocycles. The molecule has 1 aliphatic heterocycles. The van der Waals surface area contributed by atoms with Crippen molar-refractivity contribution in [1.29, 1.82) is 0 Å². The van der Waals surface area contributed by atoms with E-state index in [-0.39, 0.29) is 5.91 Å². The zero-order valence-corrected chi connectivity index (χ0v) is 9.93. The van der Waals surface area contributed by atoms with Gasteiger partial charge < -0.3 is 10.2 Å². The summed E-state index contributed by atoms with van der Waals surface area (Å²) >= 11 is 1.70. The molecule has 1 aromatic heterocycles. The number of hydrogen-bond donors (Lipinski definition) is 1. The number of piperazine rings is 1. The molecule has 1 N–H and O–H groups in total. The van der Waals surface area contributed by atoms with Gasteiger partial charge in [0.05, 0.1) is 12.1 Å². The maximum Gasteiger partial charge on any atom is 0.242 e. The van der Waals surface area contributed by atoms with Crippen LogP contribution in [-0.4, -0.2) is 29.4 Å². The molecule has 0 atom stereocenters. The van der Waals surface area contributed by atoms with E-state index in [4.69, 9.17) is 0 Å². The summed E-state index contributed by atoms with van der Waals surface area (Å²) in [4.78, 5) is 15.2. The number of rotatable bonds is 2. The molecule has 0 aromatic carbocycles. The van der Waals surface area contributed by atoms with E-state index in [0.717, 1.165) is 19.6 Å². The molecule has 1 aromatic rings. The van der Waals surface area contributed by atoms with Crippen molar-refractivity contribution in [3.05, 3.63) is 22.4 Å². The standard InChI is InChI=1S/C11H16N2OS/c1-11(2)10(14)13(6-5-12-11)8-9-4-3-7-15-9/h3-4,7,12H,5-6,8H2,1-2H3. The monoisotopic (exact) mass is 224 g/mol. The van der Waals surface area contributed by atoms with Gasteiger partial charge in [-0.1, -0.05) is 6.07 Å². The molecule has 1 amide bonds. The normalized spacial score (nSPS) is 20.7. The lowest BCUT2D eigenvalue weighted by Crippen LogP contribution is -2.60. The Morgan fingerprint density at radius 2 is 2.40 bits per heavy atom. The first-order valence-corrected chi connectivity index (χ1v) is 6.04. The van der Waals surface area contributed by atoms with Gasteiger partial charge in [0.15, 0.2) is 0 Å². The first kappa shape index (κ1) is 10.6. The van der Waals surface area contributed by atoms with Crippen molar-refractivity contribution in [3.63, 3.8) is 0 Å². The maximum absolute atomic E-state index is 12.0. The minimum absolute atomic E-state index is 0.196. The molecule has 1 saturated heterocycles. The van der Waals surface area contributed by atoms with E-state index >= 15 is 0 Å². The molecule has 82 valence electrons. The van der Waals surface area contributed by atoms with E-state index < -0.39 is 5.54 Å². The Morgan fingerprint density at radius 1 is 1.60 bits per heavy atom. The van der Waals surface area contributed by atoms with Crippen molar-refractivity contribution >= 4 is 17.2 Å². The average Bonchev–Trinajstić information content (AvgIpc) is 2.65. The van der Waals surface area contributed by atoms with Gasteiger partial charge in [-0.25, -0.2) is 0 Å². The molecule has 4 heteroatoms. The average molecular weight is 224 g/mol. The lowest BCUT2D eigenvalue weighted by Gasteiger charge is -2.37. The fourth-order valence-electron chi connectivity index (χ4n) is 1.82. The van der Waals surface area contributed by atoms with Crippen LogP contribution in [0.25, 0.3) is 0 Å². The first-order valence-electron chi connectivity index (χ1n) is 5.16. The van der Waals surface area contributed by atoms with Crippen molar-refractivity contribution in [1.82, 2.24) is 10.2 Å². The minimum Gasteiger partial charge on any atom is -0.335 e. The fraction of sp³-hybridized carbons (Fsp3) is 0.545. The third kappa shape index (κ3) is 2.21. The number of amides is 1. The van der Waals surface area contributed by atoms with Crippen LogP contribution in [0, 0.1) is 0 Å². The number of nitrogens with zero attached hydrogens (tertiary/aromatic N) is 1. The van der Waals surface area contributed by atoms with Gasteiger partial charge in [0.25, 0.3) is 0 Å². The Kier molecular flexibility index (Phi) is 2.80.